The van der Waals surface area contributed by atoms with Crippen LogP contribution in [0.4, 0.5) is 0 Å². The SMILES string of the molecule is CC=CCNCCNCCN. The second kappa shape index (κ2) is 9.62. The number of nitrogens with one attached hydrogen (secondary N) is 2. The van der Waals surface area contributed by atoms with Crippen molar-refractivity contribution in [3.8, 4) is 0 Å². The molecule has 3 heteroatoms. The first kappa shape index (κ1) is 10.6. The number of rotatable bonds is 7. The summed E-state index contributed by atoms with van der Waals surface area (Å²) in [5.74, 6) is 0. The van der Waals surface area contributed by atoms with Crippen LogP contribution < -0.4 is 16.4 Å². The van der Waals surface area contributed by atoms with Crippen molar-refractivity contribution in [2.24, 2.45) is 5.73 Å². The van der Waals surface area contributed by atoms with Crippen LogP contribution >= 0.6 is 0 Å². The Balaban J connectivity index is 2.79. The number of nitrogens with two attached hydrogens (primary N) is 1. The predicted octanol–water partition coefficient (Wildman–Crippen LogP) is -0.300. The quantitative estimate of drug-likeness (QED) is 0.351. The predicted molar refractivity (Wildman–Crippen MR) is 49.6 cm³/mol. The van der Waals surface area contributed by atoms with Crippen LogP contribution in [0.5, 0.6) is 0 Å². The van der Waals surface area contributed by atoms with E-state index in [0.29, 0.717) is 0 Å². The van der Waals surface area contributed by atoms with Crippen LogP contribution in [0.1, 0.15) is 6.92 Å². The highest BCUT2D eigenvalue weighted by molar-refractivity contribution is 4.79. The number of hydrogen-bond acceptors (Lipinski definition) is 3. The minimum Gasteiger partial charge on any atom is -0.329 e. The lowest BCUT2D eigenvalue weighted by molar-refractivity contribution is 0.639. The van der Waals surface area contributed by atoms with Crippen LogP contribution in [0.25, 0.3) is 0 Å². The highest BCUT2D eigenvalue weighted by Gasteiger charge is 1.83. The summed E-state index contributed by atoms with van der Waals surface area (Å²) >= 11 is 0. The van der Waals surface area contributed by atoms with Gasteiger partial charge in [-0.1, -0.05) is 12.2 Å². The van der Waals surface area contributed by atoms with E-state index in [0.717, 1.165) is 32.7 Å². The average Bonchev–Trinajstić information content (AvgIpc) is 2.03. The Labute approximate surface area is 69.0 Å². The molecule has 0 aromatic rings. The van der Waals surface area contributed by atoms with Crippen molar-refractivity contribution in [3.63, 3.8) is 0 Å². The second-order valence-corrected chi connectivity index (χ2v) is 2.31. The highest BCUT2D eigenvalue weighted by atomic mass is 14.9. The minimum absolute atomic E-state index is 0.717. The van der Waals surface area contributed by atoms with Gasteiger partial charge in [0, 0.05) is 32.7 Å². The Morgan fingerprint density at radius 1 is 1.18 bits per heavy atom. The van der Waals surface area contributed by atoms with Gasteiger partial charge in [-0.25, -0.2) is 0 Å². The monoisotopic (exact) mass is 157 g/mol. The van der Waals surface area contributed by atoms with Crippen LogP contribution in [0.2, 0.25) is 0 Å². The van der Waals surface area contributed by atoms with Gasteiger partial charge in [0.05, 0.1) is 0 Å². The second-order valence-electron chi connectivity index (χ2n) is 2.31. The average molecular weight is 157 g/mol. The van der Waals surface area contributed by atoms with E-state index in [1.54, 1.807) is 0 Å². The molecule has 0 aromatic carbocycles. The van der Waals surface area contributed by atoms with E-state index in [9.17, 15) is 0 Å². The molecular formula is C8H19N3. The zero-order valence-electron chi connectivity index (χ0n) is 7.27. The van der Waals surface area contributed by atoms with E-state index in [-0.39, 0.29) is 0 Å². The fourth-order valence-corrected chi connectivity index (χ4v) is 0.707. The van der Waals surface area contributed by atoms with Crippen LogP contribution in [0.3, 0.4) is 0 Å². The third-order valence-corrected chi connectivity index (χ3v) is 1.30. The normalized spacial score (nSPS) is 11.1. The summed E-state index contributed by atoms with van der Waals surface area (Å²) in [7, 11) is 0. The Morgan fingerprint density at radius 2 is 1.91 bits per heavy atom. The van der Waals surface area contributed by atoms with E-state index in [1.807, 2.05) is 13.0 Å². The molecule has 0 rings (SSSR count). The molecule has 0 amide bonds. The van der Waals surface area contributed by atoms with E-state index in [2.05, 4.69) is 16.7 Å². The maximum atomic E-state index is 5.30. The van der Waals surface area contributed by atoms with Crippen LogP contribution in [-0.4, -0.2) is 32.7 Å². The smallest absolute Gasteiger partial charge is 0.0135 e. The van der Waals surface area contributed by atoms with E-state index < -0.39 is 0 Å². The summed E-state index contributed by atoms with van der Waals surface area (Å²) in [6, 6.07) is 0. The zero-order chi connectivity index (χ0) is 8.36. The maximum absolute atomic E-state index is 5.30. The van der Waals surface area contributed by atoms with Gasteiger partial charge in [-0.3, -0.25) is 0 Å². The third-order valence-electron chi connectivity index (χ3n) is 1.30. The summed E-state index contributed by atoms with van der Waals surface area (Å²) in [6.07, 6.45) is 4.14. The highest BCUT2D eigenvalue weighted by Crippen LogP contribution is 1.65. The van der Waals surface area contributed by atoms with Crippen molar-refractivity contribution < 1.29 is 0 Å². The van der Waals surface area contributed by atoms with Gasteiger partial charge in [0.1, 0.15) is 0 Å². The standard InChI is InChI=1S/C8H19N3/c1-2-3-5-10-7-8-11-6-4-9/h2-3,10-11H,4-9H2,1H3. The Morgan fingerprint density at radius 3 is 2.55 bits per heavy atom. The van der Waals surface area contributed by atoms with Crippen LogP contribution in [0, 0.1) is 0 Å². The fourth-order valence-electron chi connectivity index (χ4n) is 0.707. The summed E-state index contributed by atoms with van der Waals surface area (Å²) in [6.45, 7) is 6.61. The van der Waals surface area contributed by atoms with E-state index in [1.165, 1.54) is 0 Å². The maximum Gasteiger partial charge on any atom is 0.0135 e. The van der Waals surface area contributed by atoms with Crippen molar-refractivity contribution in [1.29, 1.82) is 0 Å². The molecule has 0 saturated carbocycles. The molecule has 4 N–H and O–H groups in total. The van der Waals surface area contributed by atoms with Gasteiger partial charge in [0.15, 0.2) is 0 Å². The molecule has 0 bridgehead atoms. The van der Waals surface area contributed by atoms with Crippen molar-refractivity contribution in [2.45, 2.75) is 6.92 Å². The molecule has 0 aliphatic carbocycles. The van der Waals surface area contributed by atoms with Gasteiger partial charge in [0.25, 0.3) is 0 Å². The van der Waals surface area contributed by atoms with Gasteiger partial charge in [0.2, 0.25) is 0 Å². The lowest BCUT2D eigenvalue weighted by Gasteiger charge is -2.02. The Kier molecular flexibility index (Phi) is 9.29. The van der Waals surface area contributed by atoms with Crippen molar-refractivity contribution in [2.75, 3.05) is 32.7 Å². The molecule has 0 fully saturated rings. The minimum atomic E-state index is 0.717. The van der Waals surface area contributed by atoms with Crippen molar-refractivity contribution in [3.05, 3.63) is 12.2 Å². The van der Waals surface area contributed by atoms with Crippen molar-refractivity contribution >= 4 is 0 Å². The van der Waals surface area contributed by atoms with Gasteiger partial charge >= 0.3 is 0 Å². The van der Waals surface area contributed by atoms with Crippen molar-refractivity contribution in [1.82, 2.24) is 10.6 Å². The summed E-state index contributed by atoms with van der Waals surface area (Å²) in [5, 5.41) is 6.46. The van der Waals surface area contributed by atoms with Gasteiger partial charge in [-0.2, -0.15) is 0 Å². The Hall–Kier alpha value is -0.380. The molecular weight excluding hydrogens is 138 g/mol. The molecule has 0 aliphatic heterocycles. The molecule has 66 valence electrons. The third kappa shape index (κ3) is 9.62. The molecule has 0 atom stereocenters. The lowest BCUT2D eigenvalue weighted by Crippen LogP contribution is -2.30. The lowest BCUT2D eigenvalue weighted by atomic mass is 10.5. The molecule has 0 saturated heterocycles. The fraction of sp³-hybridized carbons (Fsp3) is 0.750. The first-order valence-corrected chi connectivity index (χ1v) is 4.14. The molecule has 0 heterocycles. The molecule has 0 radical (unpaired) electrons. The van der Waals surface area contributed by atoms with E-state index in [4.69, 9.17) is 5.73 Å². The molecule has 0 spiro atoms. The summed E-state index contributed by atoms with van der Waals surface area (Å²) < 4.78 is 0. The first-order chi connectivity index (χ1) is 5.41. The molecule has 0 unspecified atom stereocenters. The zero-order valence-corrected chi connectivity index (χ0v) is 7.27. The molecule has 0 aliphatic rings. The van der Waals surface area contributed by atoms with Gasteiger partial charge in [-0.15, -0.1) is 0 Å². The first-order valence-electron chi connectivity index (χ1n) is 4.14. The molecule has 11 heavy (non-hydrogen) atoms. The molecule has 3 nitrogen and oxygen atoms in total. The summed E-state index contributed by atoms with van der Waals surface area (Å²) in [4.78, 5) is 0. The number of allylic oxidation sites excluding steroid dienone is 1. The Bertz CT molecular complexity index is 91.3. The van der Waals surface area contributed by atoms with Crippen LogP contribution in [-0.2, 0) is 0 Å². The molecule has 0 aromatic heterocycles. The summed E-state index contributed by atoms with van der Waals surface area (Å²) in [5.41, 5.74) is 5.30. The number of hydrogen-bond donors (Lipinski definition) is 3. The topological polar surface area (TPSA) is 50.1 Å². The van der Waals surface area contributed by atoms with Gasteiger partial charge in [-0.05, 0) is 6.92 Å². The van der Waals surface area contributed by atoms with Crippen LogP contribution in [0.15, 0.2) is 12.2 Å². The van der Waals surface area contributed by atoms with Gasteiger partial charge < -0.3 is 16.4 Å². The van der Waals surface area contributed by atoms with E-state index >= 15 is 0 Å². The largest absolute Gasteiger partial charge is 0.329 e.